The molecule has 1 saturated heterocycles. The molecule has 3 heterocycles. The number of nitrogens with zero attached hydrogens (tertiary/aromatic N) is 3. The van der Waals surface area contributed by atoms with Crippen LogP contribution in [0.2, 0.25) is 0 Å². The van der Waals surface area contributed by atoms with Gasteiger partial charge in [0.25, 0.3) is 0 Å². The average molecular weight is 293 g/mol. The molecule has 2 aliphatic heterocycles. The lowest BCUT2D eigenvalue weighted by molar-refractivity contribution is 0.0850. The molecule has 4 rings (SSSR count). The number of anilines is 1. The third-order valence-electron chi connectivity index (χ3n) is 4.01. The van der Waals surface area contributed by atoms with E-state index >= 15 is 0 Å². The largest absolute Gasteiger partial charge is 0.609 e. The van der Waals surface area contributed by atoms with Crippen LogP contribution in [0.25, 0.3) is 6.08 Å². The van der Waals surface area contributed by atoms with Crippen LogP contribution in [0.1, 0.15) is 31.2 Å². The Hall–Kier alpha value is -1.15. The third-order valence-corrected chi connectivity index (χ3v) is 4.72. The fourth-order valence-electron chi connectivity index (χ4n) is 3.01. The minimum absolute atomic E-state index is 0.342. The Labute approximate surface area is 119 Å². The van der Waals surface area contributed by atoms with Crippen LogP contribution in [0.15, 0.2) is 17.4 Å². The second kappa shape index (κ2) is 4.42. The first kappa shape index (κ1) is 12.6. The number of rotatable bonds is 2. The van der Waals surface area contributed by atoms with Gasteiger partial charge in [0.1, 0.15) is 12.1 Å². The Kier molecular flexibility index (Phi) is 2.78. The van der Waals surface area contributed by atoms with Crippen molar-refractivity contribution >= 4 is 23.1 Å². The number of hydrogen-bond donors (Lipinski definition) is 0. The van der Waals surface area contributed by atoms with Crippen molar-refractivity contribution in [2.24, 2.45) is 0 Å². The van der Waals surface area contributed by atoms with E-state index in [2.05, 4.69) is 14.9 Å². The summed E-state index contributed by atoms with van der Waals surface area (Å²) in [6.07, 6.45) is 11.7. The maximum absolute atomic E-state index is 11.6. The summed E-state index contributed by atoms with van der Waals surface area (Å²) in [6, 6.07) is 0.342. The minimum atomic E-state index is -1.20. The van der Waals surface area contributed by atoms with Crippen molar-refractivity contribution < 1.29 is 14.3 Å². The Bertz CT molecular complexity index is 568. The predicted octanol–water partition coefficient (Wildman–Crippen LogP) is 1.61. The zero-order chi connectivity index (χ0) is 13.7. The lowest BCUT2D eigenvalue weighted by atomic mass is 10.1. The maximum Gasteiger partial charge on any atom is 0.344 e. The SMILES string of the molecule is C[S+]([O-])c1ncc2c(n1)N(C1CCCC1)C1(C=C2)OO1. The molecule has 106 valence electrons. The van der Waals surface area contributed by atoms with Crippen LogP contribution in [0, 0.1) is 0 Å². The zero-order valence-corrected chi connectivity index (χ0v) is 11.9. The van der Waals surface area contributed by atoms with Gasteiger partial charge in [-0.05, 0) is 18.9 Å². The van der Waals surface area contributed by atoms with E-state index in [1.54, 1.807) is 12.5 Å². The van der Waals surface area contributed by atoms with Gasteiger partial charge in [-0.3, -0.25) is 4.90 Å². The van der Waals surface area contributed by atoms with E-state index in [0.29, 0.717) is 11.2 Å². The first-order valence-corrected chi connectivity index (χ1v) is 8.31. The summed E-state index contributed by atoms with van der Waals surface area (Å²) in [7, 11) is 0. The van der Waals surface area contributed by atoms with Crippen molar-refractivity contribution in [1.29, 1.82) is 0 Å². The Morgan fingerprint density at radius 1 is 1.40 bits per heavy atom. The van der Waals surface area contributed by atoms with Crippen LogP contribution in [0.5, 0.6) is 0 Å². The molecular formula is C13H15N3O3S. The molecule has 20 heavy (non-hydrogen) atoms. The highest BCUT2D eigenvalue weighted by Gasteiger charge is 2.58. The topological polar surface area (TPSA) is 77.1 Å². The van der Waals surface area contributed by atoms with Crippen molar-refractivity contribution in [1.82, 2.24) is 9.97 Å². The van der Waals surface area contributed by atoms with Gasteiger partial charge in [-0.2, -0.15) is 19.7 Å². The molecule has 0 N–H and O–H groups in total. The summed E-state index contributed by atoms with van der Waals surface area (Å²) >= 11 is -1.20. The van der Waals surface area contributed by atoms with Gasteiger partial charge in [0.15, 0.2) is 0 Å². The van der Waals surface area contributed by atoms with Gasteiger partial charge in [0.2, 0.25) is 0 Å². The molecule has 1 saturated carbocycles. The monoisotopic (exact) mass is 293 g/mol. The summed E-state index contributed by atoms with van der Waals surface area (Å²) in [5.41, 5.74) is 0.913. The van der Waals surface area contributed by atoms with E-state index < -0.39 is 17.1 Å². The van der Waals surface area contributed by atoms with E-state index in [-0.39, 0.29) is 0 Å². The summed E-state index contributed by atoms with van der Waals surface area (Å²) in [4.78, 5) is 21.1. The molecule has 1 aliphatic carbocycles. The lowest BCUT2D eigenvalue weighted by Gasteiger charge is -2.34. The number of aromatic nitrogens is 2. The molecule has 1 aromatic heterocycles. The van der Waals surface area contributed by atoms with Gasteiger partial charge in [0, 0.05) is 35.1 Å². The molecule has 1 unspecified atom stereocenters. The first-order chi connectivity index (χ1) is 9.70. The van der Waals surface area contributed by atoms with Crippen LogP contribution in [-0.4, -0.2) is 32.7 Å². The predicted molar refractivity (Wildman–Crippen MR) is 73.0 cm³/mol. The van der Waals surface area contributed by atoms with Gasteiger partial charge in [-0.25, -0.2) is 0 Å². The van der Waals surface area contributed by atoms with Crippen molar-refractivity contribution in [3.63, 3.8) is 0 Å². The normalized spacial score (nSPS) is 25.0. The Morgan fingerprint density at radius 2 is 2.15 bits per heavy atom. The van der Waals surface area contributed by atoms with E-state index in [9.17, 15) is 4.55 Å². The molecule has 0 bridgehead atoms. The Balaban J connectivity index is 1.80. The van der Waals surface area contributed by atoms with Crippen molar-refractivity contribution in [2.45, 2.75) is 42.8 Å². The minimum Gasteiger partial charge on any atom is -0.609 e. The highest BCUT2D eigenvalue weighted by Crippen LogP contribution is 2.47. The van der Waals surface area contributed by atoms with Crippen LogP contribution < -0.4 is 4.90 Å². The number of fused-ring (bicyclic) bond motifs is 1. The standard InChI is InChI=1S/C13H15N3O3S/c1-20(17)12-14-8-9-6-7-13(18-19-13)16(11(9)15-12)10-4-2-3-5-10/h6-8,10H,2-5H2,1H3. The Morgan fingerprint density at radius 3 is 2.80 bits per heavy atom. The lowest BCUT2D eigenvalue weighted by Crippen LogP contribution is -2.46. The van der Waals surface area contributed by atoms with Crippen LogP contribution in [0.3, 0.4) is 0 Å². The molecule has 1 aromatic rings. The molecule has 7 heteroatoms. The fraction of sp³-hybridized carbons (Fsp3) is 0.538. The van der Waals surface area contributed by atoms with Gasteiger partial charge >= 0.3 is 11.1 Å². The molecule has 0 radical (unpaired) electrons. The molecular weight excluding hydrogens is 278 g/mol. The maximum atomic E-state index is 11.6. The van der Waals surface area contributed by atoms with E-state index in [1.807, 2.05) is 12.2 Å². The van der Waals surface area contributed by atoms with Crippen LogP contribution in [-0.2, 0) is 21.0 Å². The van der Waals surface area contributed by atoms with Gasteiger partial charge < -0.3 is 4.55 Å². The summed E-state index contributed by atoms with van der Waals surface area (Å²) in [6.45, 7) is 0. The quantitative estimate of drug-likeness (QED) is 0.357. The van der Waals surface area contributed by atoms with Crippen molar-refractivity contribution in [2.75, 3.05) is 11.2 Å². The second-order valence-corrected chi connectivity index (χ2v) is 6.60. The van der Waals surface area contributed by atoms with E-state index in [1.165, 1.54) is 12.8 Å². The summed E-state index contributed by atoms with van der Waals surface area (Å²) < 4.78 is 11.6. The van der Waals surface area contributed by atoms with Crippen LogP contribution in [0.4, 0.5) is 5.82 Å². The third kappa shape index (κ3) is 1.85. The molecule has 3 aliphatic rings. The zero-order valence-electron chi connectivity index (χ0n) is 11.1. The smallest absolute Gasteiger partial charge is 0.344 e. The van der Waals surface area contributed by atoms with Gasteiger partial charge in [0.05, 0.1) is 0 Å². The molecule has 1 atom stereocenters. The summed E-state index contributed by atoms with van der Waals surface area (Å²) in [5, 5.41) is 0.345. The number of hydrogen-bond acceptors (Lipinski definition) is 6. The molecule has 2 fully saturated rings. The summed E-state index contributed by atoms with van der Waals surface area (Å²) in [5.74, 6) is -0.0415. The second-order valence-electron chi connectivity index (χ2n) is 5.32. The molecule has 0 amide bonds. The highest BCUT2D eigenvalue weighted by molar-refractivity contribution is 7.90. The molecule has 0 aromatic carbocycles. The van der Waals surface area contributed by atoms with E-state index in [0.717, 1.165) is 24.2 Å². The van der Waals surface area contributed by atoms with Crippen LogP contribution >= 0.6 is 0 Å². The van der Waals surface area contributed by atoms with Gasteiger partial charge in [-0.1, -0.05) is 12.8 Å². The first-order valence-electron chi connectivity index (χ1n) is 6.75. The van der Waals surface area contributed by atoms with Crippen molar-refractivity contribution in [3.8, 4) is 0 Å². The molecule has 1 spiro atoms. The van der Waals surface area contributed by atoms with Crippen molar-refractivity contribution in [3.05, 3.63) is 17.8 Å². The average Bonchev–Trinajstić information content (AvgIpc) is 3.00. The van der Waals surface area contributed by atoms with Gasteiger partial charge in [-0.15, -0.1) is 0 Å². The van der Waals surface area contributed by atoms with E-state index in [4.69, 9.17) is 9.78 Å². The molecule has 6 nitrogen and oxygen atoms in total. The highest BCUT2D eigenvalue weighted by atomic mass is 32.2. The fourth-order valence-corrected chi connectivity index (χ4v) is 3.42.